The number of ether oxygens (including phenoxy) is 4. The Balaban J connectivity index is -0.000000922. The standard InChI is InChI=1S/C16H30BN2O4P.C12H24BFNO2P.C12H24BFNOPS.3CH4O/c1-11(2)19(12(3)4)24(6)23-14-13(5)22-16(17)15(14)21-10-20-9-7-8-18;1-7(2)15(8(3)4)18(6)17-11-9(5)16-12(13)10(11)14;1-7(2)15(8(3)4)17(6)16-11-9(5)18-12(13)10(11)14;3*1-2/h11-16H,7,9-10H2,1-6H3;2*7-12H,1-6H3;3*2H,1H3/t13-,14+,15?,16-,24?;9-,10+,11-,12-,18?;9-,10+,11-,12-,17?;;;/m111.../s1/i3*5D;3*2T. The number of hydrogen-bond donors (Lipinski definition) is 3. The predicted octanol–water partition coefficient (Wildman–Crippen LogP) is 7.53. The Labute approximate surface area is 421 Å². The summed E-state index contributed by atoms with van der Waals surface area (Å²) in [6.07, 6.45) is -5.41. The lowest BCUT2D eigenvalue weighted by atomic mass is 9.93. The molecule has 3 aliphatic rings. The smallest absolute Gasteiger partial charge is 0.210 e. The summed E-state index contributed by atoms with van der Waals surface area (Å²) in [5.74, 6) is 0. The number of nitrogens with zero attached hydrogens (tertiary/aromatic N) is 4. The second-order valence-electron chi connectivity index (χ2n) is 16.7. The van der Waals surface area contributed by atoms with E-state index in [0.717, 1.165) is 0 Å². The average Bonchev–Trinajstić information content (AvgIpc) is 3.83. The summed E-state index contributed by atoms with van der Waals surface area (Å²) in [7, 11) is 18.5. The van der Waals surface area contributed by atoms with Crippen molar-refractivity contribution in [1.29, 1.82) is 9.56 Å². The Bertz CT molecular complexity index is 1290. The molecule has 0 amide bonds. The number of thioether (sulfide) groups is 1. The van der Waals surface area contributed by atoms with Gasteiger partial charge in [-0.05, 0) is 117 Å². The summed E-state index contributed by atoms with van der Waals surface area (Å²) >= 11 is 1.33. The van der Waals surface area contributed by atoms with Crippen molar-refractivity contribution < 1.29 is 60.7 Å². The van der Waals surface area contributed by atoms with E-state index in [1.807, 2.05) is 19.4 Å². The van der Waals surface area contributed by atoms with Gasteiger partial charge < -0.3 is 47.8 Å². The SMILES string of the molecule is [2H]C[C@H]1O[C@@H]([B])C(OCOCCC#N)[C@H]1OP(C)N(C(C)C)C(C)C.[2H]C[C@H]1O[C@@H]([B])[C@@H](F)[C@@H]1OP(C)N(C(C)C)C(C)C.[2H]C[C@H]1S[C@@H]([B])[C@@H](F)[C@@H]1OP(C)N(C(C)C)C(C)C.[3H]OC.[3H]OC.[3H]OC. The van der Waals surface area contributed by atoms with Crippen LogP contribution in [-0.4, -0.2) is 220 Å². The molecule has 0 aromatic rings. The molecule has 0 aromatic heterocycles. The molecular formula is C43H90B3F2N4O10P3S. The monoisotopic (exact) mass is 1030 g/mol. The van der Waals surface area contributed by atoms with Gasteiger partial charge in [0.15, 0.2) is 0 Å². The van der Waals surface area contributed by atoms with E-state index < -0.39 is 91.0 Å². The third-order valence-electron chi connectivity index (χ3n) is 9.67. The first-order valence-electron chi connectivity index (χ1n) is 25.5. The lowest BCUT2D eigenvalue weighted by Gasteiger charge is -2.37. The van der Waals surface area contributed by atoms with Gasteiger partial charge in [-0.15, -0.1) is 0 Å². The normalized spacial score (nSPS) is 30.8. The van der Waals surface area contributed by atoms with Crippen molar-refractivity contribution in [3.05, 3.63) is 0 Å². The van der Waals surface area contributed by atoms with E-state index in [1.165, 1.54) is 33.1 Å². The van der Waals surface area contributed by atoms with Gasteiger partial charge in [-0.1, -0.05) is 6.90 Å². The zero-order chi connectivity index (χ0) is 56.6. The van der Waals surface area contributed by atoms with E-state index in [1.54, 1.807) is 0 Å². The van der Waals surface area contributed by atoms with Crippen LogP contribution < -0.4 is 0 Å². The Morgan fingerprint density at radius 2 is 1.05 bits per heavy atom. The highest BCUT2D eigenvalue weighted by Crippen LogP contribution is 2.49. The lowest BCUT2D eigenvalue weighted by molar-refractivity contribution is -0.111. The van der Waals surface area contributed by atoms with E-state index in [4.69, 9.17) is 69.7 Å². The molecule has 3 aliphatic heterocycles. The van der Waals surface area contributed by atoms with E-state index in [2.05, 4.69) is 119 Å². The molecule has 386 valence electrons. The summed E-state index contributed by atoms with van der Waals surface area (Å²) in [5.41, 5.74) is 0. The second kappa shape index (κ2) is 38.3. The van der Waals surface area contributed by atoms with E-state index in [-0.39, 0.29) is 32.7 Å². The molecular weight excluding hydrogens is 928 g/mol. The van der Waals surface area contributed by atoms with Crippen LogP contribution in [0, 0.1) is 11.3 Å². The van der Waals surface area contributed by atoms with Crippen LogP contribution in [0.4, 0.5) is 8.78 Å². The van der Waals surface area contributed by atoms with Crippen LogP contribution in [0.1, 0.15) is 114 Å². The molecule has 0 bridgehead atoms. The molecule has 3 heterocycles. The first-order valence-corrected chi connectivity index (χ1v) is 28.1. The topological polar surface area (TPSA) is 159 Å². The van der Waals surface area contributed by atoms with E-state index in [0.29, 0.717) is 49.3 Å². The molecule has 3 saturated heterocycles. The highest BCUT2D eigenvalue weighted by Gasteiger charge is 2.45. The zero-order valence-corrected chi connectivity index (χ0v) is 46.7. The van der Waals surface area contributed by atoms with Gasteiger partial charge in [-0.2, -0.15) is 17.0 Å². The maximum Gasteiger partial charge on any atom is 0.210 e. The Kier molecular flexibility index (Phi) is 34.4. The van der Waals surface area contributed by atoms with Gasteiger partial charge in [0.2, 0.25) is 4.29 Å². The molecule has 3 rings (SSSR count). The van der Waals surface area contributed by atoms with Crippen molar-refractivity contribution >= 4 is 60.2 Å². The van der Waals surface area contributed by atoms with Crippen LogP contribution in [0.25, 0.3) is 0 Å². The summed E-state index contributed by atoms with van der Waals surface area (Å²) in [5, 5.41) is 18.3. The number of aliphatic hydroxyl groups excluding tert-OH is 3. The molecule has 3 N–H and O–H groups in total. The lowest BCUT2D eigenvalue weighted by Crippen LogP contribution is -2.39. The molecule has 4 unspecified atom stereocenters. The number of nitriles is 1. The van der Waals surface area contributed by atoms with Gasteiger partial charge >= 0.3 is 0 Å². The largest absolute Gasteiger partial charge is 0.400 e. The molecule has 0 spiro atoms. The van der Waals surface area contributed by atoms with Crippen molar-refractivity contribution in [2.75, 3.05) is 54.7 Å². The Morgan fingerprint density at radius 1 is 0.667 bits per heavy atom. The molecule has 66 heavy (non-hydrogen) atoms. The summed E-state index contributed by atoms with van der Waals surface area (Å²) in [6, 6.07) is 2.40. The van der Waals surface area contributed by atoms with E-state index in [9.17, 15) is 8.78 Å². The third-order valence-corrected chi connectivity index (χ3v) is 17.2. The highest BCUT2D eigenvalue weighted by molar-refractivity contribution is 8.02. The van der Waals surface area contributed by atoms with Gasteiger partial charge in [0.1, 0.15) is 84.1 Å². The third kappa shape index (κ3) is 24.4. The summed E-state index contributed by atoms with van der Waals surface area (Å²) in [4.78, 5) is 0. The maximum absolute atomic E-state index is 14.1. The molecule has 15 atom stereocenters. The molecule has 0 aromatic carbocycles. The zero-order valence-electron chi connectivity index (χ0n) is 49.2. The van der Waals surface area contributed by atoms with Crippen LogP contribution >= 0.6 is 36.7 Å². The Morgan fingerprint density at radius 3 is 1.42 bits per heavy atom. The number of alkyl halides is 2. The van der Waals surface area contributed by atoms with Crippen molar-refractivity contribution in [3.63, 3.8) is 0 Å². The minimum absolute atomic E-state index is 0.0215. The minimum Gasteiger partial charge on any atom is -0.400 e. The van der Waals surface area contributed by atoms with Crippen LogP contribution in [0.3, 0.4) is 0 Å². The highest BCUT2D eigenvalue weighted by atomic mass is 32.2. The summed E-state index contributed by atoms with van der Waals surface area (Å²) < 4.78 is 115. The van der Waals surface area contributed by atoms with Crippen molar-refractivity contribution in [1.82, 2.24) is 14.0 Å². The van der Waals surface area contributed by atoms with Crippen LogP contribution in [0.2, 0.25) is 0 Å². The van der Waals surface area contributed by atoms with Gasteiger partial charge in [0, 0.05) is 78.1 Å². The predicted molar refractivity (Wildman–Crippen MR) is 276 cm³/mol. The van der Waals surface area contributed by atoms with Gasteiger partial charge in [-0.3, -0.25) is 14.0 Å². The van der Waals surface area contributed by atoms with Gasteiger partial charge in [0.25, 0.3) is 0 Å². The number of halogens is 2. The first-order chi connectivity index (χ1) is 33.7. The van der Waals surface area contributed by atoms with Gasteiger partial charge in [-0.25, -0.2) is 8.78 Å². The van der Waals surface area contributed by atoms with Crippen molar-refractivity contribution in [2.45, 2.75) is 218 Å². The van der Waals surface area contributed by atoms with E-state index >= 15 is 0 Å². The molecule has 6 radical (unpaired) electrons. The average molecular weight is 1030 g/mol. The molecule has 3 fully saturated rings. The molecule has 0 saturated carbocycles. The van der Waals surface area contributed by atoms with Crippen LogP contribution in [-0.2, 0) is 32.5 Å². The van der Waals surface area contributed by atoms with Crippen LogP contribution in [0.5, 0.6) is 0 Å². The molecule has 0 aliphatic carbocycles. The fourth-order valence-corrected chi connectivity index (χ4v) is 14.8. The minimum atomic E-state index is -1.36. The van der Waals surface area contributed by atoms with Crippen LogP contribution in [0.15, 0.2) is 0 Å². The number of hydrogen-bond acceptors (Lipinski definition) is 15. The summed E-state index contributed by atoms with van der Waals surface area (Å²) in [6.45, 7) is 31.9. The maximum atomic E-state index is 14.1. The first kappa shape index (κ1) is 59.2. The number of rotatable bonds is 20. The fraction of sp³-hybridized carbons (Fsp3) is 0.977. The number of aliphatic hydroxyl groups is 3. The van der Waals surface area contributed by atoms with Crippen molar-refractivity contribution in [3.8, 4) is 6.07 Å². The second-order valence-corrected chi connectivity index (χ2v) is 22.9. The molecule has 14 nitrogen and oxygen atoms in total. The Hall–Kier alpha value is 0.665. The fourth-order valence-electron chi connectivity index (χ4n) is 7.55. The quantitative estimate of drug-likeness (QED) is 0.0476. The van der Waals surface area contributed by atoms with Gasteiger partial charge in [0.05, 0.1) is 45.2 Å². The van der Waals surface area contributed by atoms with Crippen molar-refractivity contribution in [2.24, 2.45) is 0 Å². The molecule has 23 heteroatoms.